The summed E-state index contributed by atoms with van der Waals surface area (Å²) in [5.74, 6) is 0. The molecule has 10 rings (SSSR count). The molecule has 0 unspecified atom stereocenters. The van der Waals surface area contributed by atoms with Crippen molar-refractivity contribution in [2.24, 2.45) is 0 Å². The first-order valence-electron chi connectivity index (χ1n) is 20.0. The van der Waals surface area contributed by atoms with E-state index >= 15 is 0 Å². The van der Waals surface area contributed by atoms with Crippen molar-refractivity contribution in [3.05, 3.63) is 216 Å². The molecule has 0 bridgehead atoms. The topological polar surface area (TPSA) is 0 Å². The third-order valence-electron chi connectivity index (χ3n) is 12.0. The summed E-state index contributed by atoms with van der Waals surface area (Å²) < 4.78 is 0. The zero-order valence-corrected chi connectivity index (χ0v) is 33.2. The Morgan fingerprint density at radius 3 is 1.81 bits per heavy atom. The highest BCUT2D eigenvalue weighted by Gasteiger charge is 2.36. The van der Waals surface area contributed by atoms with E-state index in [0.29, 0.717) is 0 Å². The summed E-state index contributed by atoms with van der Waals surface area (Å²) in [7, 11) is 0. The van der Waals surface area contributed by atoms with Gasteiger partial charge in [0.2, 0.25) is 0 Å². The largest absolute Gasteiger partial charge is 0.0984 e. The third kappa shape index (κ3) is 6.28. The van der Waals surface area contributed by atoms with Crippen molar-refractivity contribution in [1.82, 2.24) is 0 Å². The molecule has 1 aliphatic carbocycles. The van der Waals surface area contributed by atoms with Crippen LogP contribution in [0.1, 0.15) is 48.6 Å². The van der Waals surface area contributed by atoms with Crippen molar-refractivity contribution in [3.63, 3.8) is 0 Å². The Labute approximate surface area is 337 Å². The van der Waals surface area contributed by atoms with E-state index in [1.165, 1.54) is 105 Å². The standard InChI is InChI=1S/C46H34.C11H12/c1-29-35-24-23-33(37-18-10-9-17-36(37)31-14-5-4-6-15-31)26-41(35)45(34-22-21-30-13-7-8-16-32(30)25-34)42-28-44-40(27-39(29)42)38-19-11-12-20-43(38)46(44,2)3;1-3-7-11-9-6-5-8-10(11)4-2/h4-28H,1-3H3;3-9H,2H2,1H3/b;7-3-. The van der Waals surface area contributed by atoms with Gasteiger partial charge in [-0.1, -0.05) is 190 Å². The lowest BCUT2D eigenvalue weighted by Crippen LogP contribution is -2.14. The van der Waals surface area contributed by atoms with Gasteiger partial charge >= 0.3 is 0 Å². The van der Waals surface area contributed by atoms with Crippen LogP contribution in [0.2, 0.25) is 0 Å². The van der Waals surface area contributed by atoms with Crippen molar-refractivity contribution in [3.8, 4) is 44.5 Å². The lowest BCUT2D eigenvalue weighted by Gasteiger charge is -2.23. The molecule has 0 atom stereocenters. The fourth-order valence-corrected chi connectivity index (χ4v) is 9.09. The minimum absolute atomic E-state index is 0.0693. The first-order valence-corrected chi connectivity index (χ1v) is 20.0. The second-order valence-electron chi connectivity index (χ2n) is 15.7. The van der Waals surface area contributed by atoms with E-state index in [1.807, 2.05) is 31.2 Å². The van der Waals surface area contributed by atoms with E-state index < -0.39 is 0 Å². The van der Waals surface area contributed by atoms with Crippen LogP contribution in [-0.2, 0) is 5.41 Å². The highest BCUT2D eigenvalue weighted by Crippen LogP contribution is 2.52. The van der Waals surface area contributed by atoms with Crippen molar-refractivity contribution < 1.29 is 0 Å². The minimum Gasteiger partial charge on any atom is -0.0984 e. The molecule has 0 N–H and O–H groups in total. The molecule has 0 aliphatic heterocycles. The van der Waals surface area contributed by atoms with Crippen LogP contribution in [0.25, 0.3) is 89.0 Å². The maximum Gasteiger partial charge on any atom is 0.0159 e. The Kier molecular flexibility index (Phi) is 9.27. The minimum atomic E-state index is -0.0693. The number of allylic oxidation sites excluding steroid dienone is 1. The molecule has 1 aliphatic rings. The number of hydrogen-bond acceptors (Lipinski definition) is 0. The molecular weight excluding hydrogens is 685 g/mol. The Bertz CT molecular complexity index is 3010. The monoisotopic (exact) mass is 730 g/mol. The summed E-state index contributed by atoms with van der Waals surface area (Å²) in [5, 5.41) is 7.80. The van der Waals surface area contributed by atoms with Gasteiger partial charge in [-0.05, 0) is 143 Å². The lowest BCUT2D eigenvalue weighted by atomic mass is 9.80. The molecule has 57 heavy (non-hydrogen) atoms. The summed E-state index contributed by atoms with van der Waals surface area (Å²) in [5.41, 5.74) is 16.8. The van der Waals surface area contributed by atoms with Crippen LogP contribution >= 0.6 is 0 Å². The molecule has 0 heteroatoms. The molecule has 0 amide bonds. The van der Waals surface area contributed by atoms with Crippen LogP contribution in [0.5, 0.6) is 0 Å². The first kappa shape index (κ1) is 35.9. The molecule has 0 fully saturated rings. The predicted octanol–water partition coefficient (Wildman–Crippen LogP) is 16.1. The molecule has 274 valence electrons. The number of benzene rings is 9. The normalized spacial score (nSPS) is 12.7. The van der Waals surface area contributed by atoms with E-state index in [4.69, 9.17) is 0 Å². The maximum atomic E-state index is 3.74. The van der Waals surface area contributed by atoms with E-state index in [-0.39, 0.29) is 5.41 Å². The van der Waals surface area contributed by atoms with E-state index in [9.17, 15) is 0 Å². The molecule has 9 aromatic rings. The summed E-state index contributed by atoms with van der Waals surface area (Å²) in [6, 6.07) is 64.5. The smallest absolute Gasteiger partial charge is 0.0159 e. The quantitative estimate of drug-likeness (QED) is 0.155. The van der Waals surface area contributed by atoms with Crippen molar-refractivity contribution in [2.75, 3.05) is 0 Å². The van der Waals surface area contributed by atoms with Gasteiger partial charge in [0, 0.05) is 5.41 Å². The van der Waals surface area contributed by atoms with E-state index in [2.05, 4.69) is 197 Å². The molecule has 0 radical (unpaired) electrons. The number of hydrogen-bond donors (Lipinski definition) is 0. The van der Waals surface area contributed by atoms with Crippen molar-refractivity contribution >= 4 is 44.5 Å². The second kappa shape index (κ2) is 14.7. The number of aryl methyl sites for hydroxylation is 1. The van der Waals surface area contributed by atoms with Crippen LogP contribution in [0.3, 0.4) is 0 Å². The van der Waals surface area contributed by atoms with Crippen LogP contribution in [0.15, 0.2) is 189 Å². The molecule has 0 saturated heterocycles. The summed E-state index contributed by atoms with van der Waals surface area (Å²) in [6.07, 6.45) is 5.98. The van der Waals surface area contributed by atoms with Crippen LogP contribution in [0.4, 0.5) is 0 Å². The summed E-state index contributed by atoms with van der Waals surface area (Å²) >= 11 is 0. The maximum absolute atomic E-state index is 3.74. The lowest BCUT2D eigenvalue weighted by molar-refractivity contribution is 0.661. The third-order valence-corrected chi connectivity index (χ3v) is 12.0. The first-order chi connectivity index (χ1) is 27.9. The molecule has 0 aromatic heterocycles. The van der Waals surface area contributed by atoms with Crippen molar-refractivity contribution in [1.29, 1.82) is 0 Å². The van der Waals surface area contributed by atoms with Gasteiger partial charge in [0.05, 0.1) is 0 Å². The van der Waals surface area contributed by atoms with Crippen LogP contribution in [0, 0.1) is 6.92 Å². The van der Waals surface area contributed by atoms with Gasteiger partial charge in [-0.25, -0.2) is 0 Å². The van der Waals surface area contributed by atoms with Gasteiger partial charge in [-0.3, -0.25) is 0 Å². The van der Waals surface area contributed by atoms with Gasteiger partial charge in [0.15, 0.2) is 0 Å². The molecule has 0 heterocycles. The van der Waals surface area contributed by atoms with E-state index in [1.54, 1.807) is 0 Å². The predicted molar refractivity (Wildman–Crippen MR) is 249 cm³/mol. The molecule has 0 spiro atoms. The average Bonchev–Trinajstić information content (AvgIpc) is 3.48. The fourth-order valence-electron chi connectivity index (χ4n) is 9.09. The SMILES string of the molecule is C=Cc1ccccc1/C=C\C.Cc1c2ccc(-c3ccccc3-c3ccccc3)cc2c(-c2ccc3ccccc3c2)c2cc3c(cc12)-c1ccccc1C3(C)C. The number of rotatable bonds is 5. The second-order valence-corrected chi connectivity index (χ2v) is 15.7. The van der Waals surface area contributed by atoms with Gasteiger partial charge < -0.3 is 0 Å². The fraction of sp³-hybridized carbons (Fsp3) is 0.0877. The van der Waals surface area contributed by atoms with Gasteiger partial charge in [-0.15, -0.1) is 0 Å². The Hall–Kier alpha value is -6.76. The van der Waals surface area contributed by atoms with Gasteiger partial charge in [0.25, 0.3) is 0 Å². The van der Waals surface area contributed by atoms with Crippen LogP contribution < -0.4 is 0 Å². The molecule has 0 saturated carbocycles. The highest BCUT2D eigenvalue weighted by molar-refractivity contribution is 6.17. The van der Waals surface area contributed by atoms with Crippen molar-refractivity contribution in [2.45, 2.75) is 33.1 Å². The molecule has 9 aromatic carbocycles. The zero-order chi connectivity index (χ0) is 39.1. The number of fused-ring (bicyclic) bond motifs is 6. The molecular formula is C57H46. The highest BCUT2D eigenvalue weighted by atomic mass is 14.4. The van der Waals surface area contributed by atoms with Gasteiger partial charge in [0.1, 0.15) is 0 Å². The Morgan fingerprint density at radius 2 is 1.05 bits per heavy atom. The Balaban J connectivity index is 0.000000335. The van der Waals surface area contributed by atoms with Crippen LogP contribution in [-0.4, -0.2) is 0 Å². The Morgan fingerprint density at radius 1 is 0.439 bits per heavy atom. The van der Waals surface area contributed by atoms with Gasteiger partial charge in [-0.2, -0.15) is 0 Å². The average molecular weight is 731 g/mol. The summed E-state index contributed by atoms with van der Waals surface area (Å²) in [4.78, 5) is 0. The van der Waals surface area contributed by atoms with E-state index in [0.717, 1.165) is 0 Å². The zero-order valence-electron chi connectivity index (χ0n) is 33.2. The molecule has 0 nitrogen and oxygen atoms in total. The summed E-state index contributed by atoms with van der Waals surface area (Å²) in [6.45, 7) is 12.8.